The molecule has 4 nitrogen and oxygen atoms in total. The van der Waals surface area contributed by atoms with E-state index >= 15 is 0 Å². The number of hydrogen-bond acceptors (Lipinski definition) is 3. The maximum Gasteiger partial charge on any atom is 0.255 e. The molecule has 1 atom stereocenters. The standard InChI is InChI=1S/C12H15N3OS/c1-3-10(11-5-4-6-17-11)14-12(16)9-7-13-15-8(9)2/h4-7,10H,3H2,1-2H3,(H,13,15)(H,14,16). The van der Waals surface area contributed by atoms with E-state index in [-0.39, 0.29) is 11.9 Å². The summed E-state index contributed by atoms with van der Waals surface area (Å²) in [5.41, 5.74) is 1.41. The summed E-state index contributed by atoms with van der Waals surface area (Å²) in [5, 5.41) is 11.7. The van der Waals surface area contributed by atoms with E-state index in [0.29, 0.717) is 5.56 Å². The SMILES string of the molecule is CCC(NC(=O)c1cn[nH]c1C)c1cccs1. The highest BCUT2D eigenvalue weighted by Gasteiger charge is 2.16. The van der Waals surface area contributed by atoms with Crippen LogP contribution >= 0.6 is 11.3 Å². The lowest BCUT2D eigenvalue weighted by Crippen LogP contribution is -2.27. The molecule has 1 unspecified atom stereocenters. The molecule has 2 heterocycles. The molecule has 17 heavy (non-hydrogen) atoms. The Morgan fingerprint density at radius 2 is 2.47 bits per heavy atom. The van der Waals surface area contributed by atoms with Gasteiger partial charge < -0.3 is 5.32 Å². The van der Waals surface area contributed by atoms with Crippen LogP contribution in [-0.2, 0) is 0 Å². The summed E-state index contributed by atoms with van der Waals surface area (Å²) in [6.07, 6.45) is 2.44. The van der Waals surface area contributed by atoms with E-state index in [1.165, 1.54) is 4.88 Å². The maximum atomic E-state index is 12.0. The number of aromatic nitrogens is 2. The van der Waals surface area contributed by atoms with Crippen LogP contribution in [0.1, 0.15) is 40.3 Å². The Hall–Kier alpha value is -1.62. The zero-order valence-electron chi connectivity index (χ0n) is 9.86. The summed E-state index contributed by atoms with van der Waals surface area (Å²) >= 11 is 1.66. The average molecular weight is 249 g/mol. The molecule has 2 aromatic heterocycles. The number of H-pyrrole nitrogens is 1. The molecule has 0 fully saturated rings. The monoisotopic (exact) mass is 249 g/mol. The van der Waals surface area contributed by atoms with Crippen LogP contribution in [0.4, 0.5) is 0 Å². The second kappa shape index (κ2) is 5.14. The normalized spacial score (nSPS) is 12.4. The number of carbonyl (C=O) groups is 1. The summed E-state index contributed by atoms with van der Waals surface area (Å²) in [6.45, 7) is 3.90. The van der Waals surface area contributed by atoms with Crippen molar-refractivity contribution in [3.8, 4) is 0 Å². The van der Waals surface area contributed by atoms with Crippen molar-refractivity contribution in [1.82, 2.24) is 15.5 Å². The van der Waals surface area contributed by atoms with Crippen molar-refractivity contribution in [2.75, 3.05) is 0 Å². The number of nitrogens with zero attached hydrogens (tertiary/aromatic N) is 1. The van der Waals surface area contributed by atoms with E-state index in [0.717, 1.165) is 12.1 Å². The highest BCUT2D eigenvalue weighted by molar-refractivity contribution is 7.10. The van der Waals surface area contributed by atoms with Crippen LogP contribution in [-0.4, -0.2) is 16.1 Å². The van der Waals surface area contributed by atoms with E-state index in [1.54, 1.807) is 17.5 Å². The molecular formula is C12H15N3OS. The first-order valence-electron chi connectivity index (χ1n) is 5.56. The molecular weight excluding hydrogens is 234 g/mol. The van der Waals surface area contributed by atoms with Gasteiger partial charge in [0.15, 0.2) is 0 Å². The third-order valence-electron chi connectivity index (χ3n) is 2.67. The first-order chi connectivity index (χ1) is 8.22. The van der Waals surface area contributed by atoms with Gasteiger partial charge in [-0.3, -0.25) is 9.89 Å². The lowest BCUT2D eigenvalue weighted by Gasteiger charge is -2.15. The van der Waals surface area contributed by atoms with Crippen LogP contribution in [0.5, 0.6) is 0 Å². The van der Waals surface area contributed by atoms with Crippen LogP contribution in [0.2, 0.25) is 0 Å². The van der Waals surface area contributed by atoms with E-state index in [2.05, 4.69) is 22.4 Å². The van der Waals surface area contributed by atoms with E-state index < -0.39 is 0 Å². The summed E-state index contributed by atoms with van der Waals surface area (Å²) in [6, 6.07) is 4.12. The molecule has 0 saturated carbocycles. The minimum Gasteiger partial charge on any atom is -0.344 e. The van der Waals surface area contributed by atoms with Gasteiger partial charge in [-0.2, -0.15) is 5.10 Å². The quantitative estimate of drug-likeness (QED) is 0.875. The number of amides is 1. The topological polar surface area (TPSA) is 57.8 Å². The largest absolute Gasteiger partial charge is 0.344 e. The number of aromatic amines is 1. The van der Waals surface area contributed by atoms with Crippen molar-refractivity contribution in [3.63, 3.8) is 0 Å². The molecule has 2 N–H and O–H groups in total. The second-order valence-electron chi connectivity index (χ2n) is 3.86. The molecule has 0 aliphatic carbocycles. The number of thiophene rings is 1. The second-order valence-corrected chi connectivity index (χ2v) is 4.84. The van der Waals surface area contributed by atoms with Crippen LogP contribution in [0.25, 0.3) is 0 Å². The van der Waals surface area contributed by atoms with Gasteiger partial charge in [0.05, 0.1) is 17.8 Å². The molecule has 0 aromatic carbocycles. The molecule has 90 valence electrons. The smallest absolute Gasteiger partial charge is 0.255 e. The molecule has 0 aliphatic rings. The van der Waals surface area contributed by atoms with Crippen LogP contribution < -0.4 is 5.32 Å². The third kappa shape index (κ3) is 2.55. The fourth-order valence-corrected chi connectivity index (χ4v) is 2.54. The highest BCUT2D eigenvalue weighted by Crippen LogP contribution is 2.22. The van der Waals surface area contributed by atoms with Crippen molar-refractivity contribution in [2.24, 2.45) is 0 Å². The third-order valence-corrected chi connectivity index (χ3v) is 3.66. The van der Waals surface area contributed by atoms with Gasteiger partial charge in [0, 0.05) is 10.6 Å². The number of aryl methyl sites for hydroxylation is 1. The van der Waals surface area contributed by atoms with Crippen molar-refractivity contribution in [2.45, 2.75) is 26.3 Å². The minimum atomic E-state index is -0.0727. The van der Waals surface area contributed by atoms with Crippen LogP contribution in [0, 0.1) is 6.92 Å². The zero-order chi connectivity index (χ0) is 12.3. The summed E-state index contributed by atoms with van der Waals surface area (Å²) in [5.74, 6) is -0.0727. The van der Waals surface area contributed by atoms with E-state index in [1.807, 2.05) is 24.4 Å². The Bertz CT molecular complexity index is 490. The van der Waals surface area contributed by atoms with Gasteiger partial charge in [-0.25, -0.2) is 0 Å². The summed E-state index contributed by atoms with van der Waals surface area (Å²) < 4.78 is 0. The van der Waals surface area contributed by atoms with Gasteiger partial charge in [0.2, 0.25) is 0 Å². The van der Waals surface area contributed by atoms with E-state index in [4.69, 9.17) is 0 Å². The van der Waals surface area contributed by atoms with Crippen molar-refractivity contribution in [1.29, 1.82) is 0 Å². The fraction of sp³-hybridized carbons (Fsp3) is 0.333. The van der Waals surface area contributed by atoms with Gasteiger partial charge in [0.25, 0.3) is 5.91 Å². The molecule has 0 aliphatic heterocycles. The van der Waals surface area contributed by atoms with Gasteiger partial charge >= 0.3 is 0 Å². The number of rotatable bonds is 4. The molecule has 0 radical (unpaired) electrons. The summed E-state index contributed by atoms with van der Waals surface area (Å²) in [4.78, 5) is 13.2. The Labute approximate surface area is 104 Å². The van der Waals surface area contributed by atoms with Gasteiger partial charge in [-0.05, 0) is 24.8 Å². The zero-order valence-corrected chi connectivity index (χ0v) is 10.7. The van der Waals surface area contributed by atoms with Crippen LogP contribution in [0.15, 0.2) is 23.7 Å². The molecule has 2 aromatic rings. The minimum absolute atomic E-state index is 0.0727. The van der Waals surface area contributed by atoms with E-state index in [9.17, 15) is 4.79 Å². The number of carbonyl (C=O) groups excluding carboxylic acids is 1. The predicted molar refractivity (Wildman–Crippen MR) is 68.1 cm³/mol. The van der Waals surface area contributed by atoms with Crippen molar-refractivity contribution >= 4 is 17.2 Å². The number of nitrogens with one attached hydrogen (secondary N) is 2. The molecule has 0 saturated heterocycles. The first kappa shape index (κ1) is 11.9. The Kier molecular flexibility index (Phi) is 3.58. The average Bonchev–Trinajstić information content (AvgIpc) is 2.96. The van der Waals surface area contributed by atoms with Gasteiger partial charge in [-0.15, -0.1) is 11.3 Å². The fourth-order valence-electron chi connectivity index (χ4n) is 1.68. The lowest BCUT2D eigenvalue weighted by molar-refractivity contribution is 0.0935. The first-order valence-corrected chi connectivity index (χ1v) is 6.44. The van der Waals surface area contributed by atoms with Crippen molar-refractivity contribution < 1.29 is 4.79 Å². The lowest BCUT2D eigenvalue weighted by atomic mass is 10.1. The Morgan fingerprint density at radius 1 is 1.65 bits per heavy atom. The highest BCUT2D eigenvalue weighted by atomic mass is 32.1. The number of hydrogen-bond donors (Lipinski definition) is 2. The molecule has 1 amide bonds. The predicted octanol–water partition coefficient (Wildman–Crippen LogP) is 2.66. The van der Waals surface area contributed by atoms with Crippen molar-refractivity contribution in [3.05, 3.63) is 39.8 Å². The summed E-state index contributed by atoms with van der Waals surface area (Å²) in [7, 11) is 0. The van der Waals surface area contributed by atoms with Gasteiger partial charge in [0.1, 0.15) is 0 Å². The molecule has 5 heteroatoms. The molecule has 0 spiro atoms. The Morgan fingerprint density at radius 3 is 3.00 bits per heavy atom. The van der Waals surface area contributed by atoms with Gasteiger partial charge in [-0.1, -0.05) is 13.0 Å². The maximum absolute atomic E-state index is 12.0. The molecule has 0 bridgehead atoms. The Balaban J connectivity index is 2.10. The van der Waals surface area contributed by atoms with Crippen LogP contribution in [0.3, 0.4) is 0 Å². The molecule has 2 rings (SSSR count).